The van der Waals surface area contributed by atoms with Crippen LogP contribution in [0.25, 0.3) is 0 Å². The van der Waals surface area contributed by atoms with Gasteiger partial charge in [0.2, 0.25) is 0 Å². The van der Waals surface area contributed by atoms with Crippen LogP contribution in [0.15, 0.2) is 24.3 Å². The van der Waals surface area contributed by atoms with Crippen LogP contribution in [-0.4, -0.2) is 18.3 Å². The van der Waals surface area contributed by atoms with Crippen molar-refractivity contribution in [2.24, 2.45) is 0 Å². The van der Waals surface area contributed by atoms with Crippen LogP contribution in [0.1, 0.15) is 51.2 Å². The van der Waals surface area contributed by atoms with Crippen LogP contribution in [0, 0.1) is 0 Å². The fraction of sp³-hybridized carbons (Fsp3) is 0.625. The molecular weight excluding hydrogens is 292 g/mol. The van der Waals surface area contributed by atoms with E-state index in [9.17, 15) is 13.2 Å². The second-order valence-electron chi connectivity index (χ2n) is 7.25. The van der Waals surface area contributed by atoms with Crippen molar-refractivity contribution < 1.29 is 22.5 Å². The Hall–Kier alpha value is -1.01. The Kier molecular flexibility index (Phi) is 3.42. The van der Waals surface area contributed by atoms with Crippen LogP contribution in [-0.2, 0) is 15.5 Å². The molecule has 1 heterocycles. The van der Waals surface area contributed by atoms with Crippen LogP contribution >= 0.6 is 0 Å². The zero-order chi connectivity index (χ0) is 16.3. The molecule has 0 N–H and O–H groups in total. The molecule has 1 aromatic carbocycles. The van der Waals surface area contributed by atoms with Gasteiger partial charge in [-0.1, -0.05) is 18.2 Å². The number of alkyl halides is 3. The predicted octanol–water partition coefficient (Wildman–Crippen LogP) is 4.66. The Labute approximate surface area is 129 Å². The lowest BCUT2D eigenvalue weighted by Crippen LogP contribution is -2.41. The number of rotatable bonds is 2. The number of benzene rings is 1. The van der Waals surface area contributed by atoms with Gasteiger partial charge in [0.15, 0.2) is 0 Å². The van der Waals surface area contributed by atoms with Gasteiger partial charge in [0, 0.05) is 5.82 Å². The van der Waals surface area contributed by atoms with Crippen molar-refractivity contribution in [1.29, 1.82) is 0 Å². The van der Waals surface area contributed by atoms with E-state index in [4.69, 9.17) is 9.31 Å². The average molecular weight is 312 g/mol. The quantitative estimate of drug-likeness (QED) is 0.740. The van der Waals surface area contributed by atoms with Crippen LogP contribution in [0.2, 0.25) is 5.82 Å². The smallest absolute Gasteiger partial charge is 0.403 e. The first kappa shape index (κ1) is 15.9. The third-order valence-electron chi connectivity index (χ3n) is 5.10. The summed E-state index contributed by atoms with van der Waals surface area (Å²) in [5.74, 6) is 0.210. The molecule has 0 unspecified atom stereocenters. The summed E-state index contributed by atoms with van der Waals surface area (Å²) in [6.45, 7) is 7.92. The number of halogens is 3. The molecule has 22 heavy (non-hydrogen) atoms. The largest absolute Gasteiger partial charge is 0.461 e. The first-order valence-corrected chi connectivity index (χ1v) is 7.54. The molecule has 0 amide bonds. The second-order valence-corrected chi connectivity index (χ2v) is 7.25. The lowest BCUT2D eigenvalue weighted by molar-refractivity contribution is -0.137. The van der Waals surface area contributed by atoms with Gasteiger partial charge in [-0.25, -0.2) is 0 Å². The van der Waals surface area contributed by atoms with Crippen LogP contribution in [0.5, 0.6) is 0 Å². The van der Waals surface area contributed by atoms with E-state index < -0.39 is 22.9 Å². The maximum Gasteiger partial charge on any atom is 0.461 e. The fourth-order valence-corrected chi connectivity index (χ4v) is 2.91. The average Bonchev–Trinajstić information content (AvgIpc) is 3.12. The van der Waals surface area contributed by atoms with Gasteiger partial charge in [-0.3, -0.25) is 0 Å². The molecule has 1 saturated carbocycles. The van der Waals surface area contributed by atoms with Crippen molar-refractivity contribution in [2.45, 2.75) is 63.2 Å². The fourth-order valence-electron chi connectivity index (χ4n) is 2.91. The van der Waals surface area contributed by atoms with E-state index in [1.54, 1.807) is 6.07 Å². The van der Waals surface area contributed by atoms with Crippen LogP contribution < -0.4 is 0 Å². The van der Waals surface area contributed by atoms with Gasteiger partial charge in [-0.15, -0.1) is 0 Å². The highest BCUT2D eigenvalue weighted by Gasteiger charge is 2.59. The van der Waals surface area contributed by atoms with Gasteiger partial charge in [-0.05, 0) is 51.7 Å². The molecule has 3 rings (SSSR count). The van der Waals surface area contributed by atoms with Crippen molar-refractivity contribution in [3.8, 4) is 0 Å². The molecule has 0 spiro atoms. The molecule has 2 aliphatic rings. The SMILES string of the molecule is CC1(C)OB([C@@H]2C[C@H]2c2cccc(C(F)(F)F)c2)OC1(C)C. The highest BCUT2D eigenvalue weighted by atomic mass is 19.4. The lowest BCUT2D eigenvalue weighted by atomic mass is 9.79. The molecular formula is C16H20BF3O2. The zero-order valence-electron chi connectivity index (χ0n) is 13.2. The predicted molar refractivity (Wildman–Crippen MR) is 78.6 cm³/mol. The van der Waals surface area contributed by atoms with Crippen LogP contribution in [0.3, 0.4) is 0 Å². The van der Waals surface area contributed by atoms with Crippen LogP contribution in [0.4, 0.5) is 13.2 Å². The van der Waals surface area contributed by atoms with Crippen molar-refractivity contribution in [3.63, 3.8) is 0 Å². The van der Waals surface area contributed by atoms with Gasteiger partial charge in [0.05, 0.1) is 16.8 Å². The summed E-state index contributed by atoms with van der Waals surface area (Å²) in [5, 5.41) is 0. The third-order valence-corrected chi connectivity index (χ3v) is 5.10. The first-order valence-electron chi connectivity index (χ1n) is 7.54. The minimum Gasteiger partial charge on any atom is -0.403 e. The molecule has 1 aliphatic heterocycles. The first-order chi connectivity index (χ1) is 10.0. The molecule has 6 heteroatoms. The van der Waals surface area contributed by atoms with Gasteiger partial charge in [0.1, 0.15) is 0 Å². The van der Waals surface area contributed by atoms with Gasteiger partial charge in [-0.2, -0.15) is 13.2 Å². The maximum atomic E-state index is 12.8. The summed E-state index contributed by atoms with van der Waals surface area (Å²) in [5.41, 5.74) is -0.684. The summed E-state index contributed by atoms with van der Waals surface area (Å²) in [6, 6.07) is 5.58. The minimum absolute atomic E-state index is 0.0806. The van der Waals surface area contributed by atoms with E-state index in [0.717, 1.165) is 18.1 Å². The molecule has 1 saturated heterocycles. The molecule has 2 atom stereocenters. The van der Waals surface area contributed by atoms with Gasteiger partial charge in [0.25, 0.3) is 0 Å². The van der Waals surface area contributed by atoms with E-state index in [0.29, 0.717) is 0 Å². The van der Waals surface area contributed by atoms with E-state index in [2.05, 4.69) is 0 Å². The van der Waals surface area contributed by atoms with Gasteiger partial charge >= 0.3 is 13.3 Å². The molecule has 0 aromatic heterocycles. The van der Waals surface area contributed by atoms with Crippen molar-refractivity contribution >= 4 is 7.12 Å². The normalized spacial score (nSPS) is 29.7. The Balaban J connectivity index is 1.74. The Morgan fingerprint density at radius 3 is 2.23 bits per heavy atom. The number of hydrogen-bond acceptors (Lipinski definition) is 2. The minimum atomic E-state index is -4.30. The molecule has 120 valence electrons. The zero-order valence-corrected chi connectivity index (χ0v) is 13.2. The summed E-state index contributed by atoms with van der Waals surface area (Å²) in [7, 11) is -0.343. The molecule has 1 aliphatic carbocycles. The van der Waals surface area contributed by atoms with Crippen molar-refractivity contribution in [2.75, 3.05) is 0 Å². The summed E-state index contributed by atoms with van der Waals surface area (Å²) >= 11 is 0. The molecule has 2 nitrogen and oxygen atoms in total. The number of hydrogen-bond donors (Lipinski definition) is 0. The van der Waals surface area contributed by atoms with E-state index in [1.807, 2.05) is 27.7 Å². The van der Waals surface area contributed by atoms with E-state index in [-0.39, 0.29) is 18.9 Å². The maximum absolute atomic E-state index is 12.8. The molecule has 0 bridgehead atoms. The molecule has 2 fully saturated rings. The molecule has 1 aromatic rings. The van der Waals surface area contributed by atoms with E-state index >= 15 is 0 Å². The Bertz CT molecular complexity index is 567. The third kappa shape index (κ3) is 2.67. The highest BCUT2D eigenvalue weighted by Crippen LogP contribution is 2.58. The van der Waals surface area contributed by atoms with Crippen molar-refractivity contribution in [3.05, 3.63) is 35.4 Å². The molecule has 0 radical (unpaired) electrons. The highest BCUT2D eigenvalue weighted by molar-refractivity contribution is 6.49. The second kappa shape index (κ2) is 4.74. The summed E-state index contributed by atoms with van der Waals surface area (Å²) in [6.07, 6.45) is -3.50. The Morgan fingerprint density at radius 1 is 1.09 bits per heavy atom. The van der Waals surface area contributed by atoms with Gasteiger partial charge < -0.3 is 9.31 Å². The van der Waals surface area contributed by atoms with Crippen molar-refractivity contribution in [1.82, 2.24) is 0 Å². The topological polar surface area (TPSA) is 18.5 Å². The lowest BCUT2D eigenvalue weighted by Gasteiger charge is -2.32. The standard InChI is InChI=1S/C16H20BF3O2/c1-14(2)15(3,4)22-17(21-14)13-9-12(13)10-6-5-7-11(8-10)16(18,19)20/h5-8,12-13H,9H2,1-4H3/t12-,13+/m0/s1. The monoisotopic (exact) mass is 312 g/mol. The summed E-state index contributed by atoms with van der Waals surface area (Å²) < 4.78 is 50.4. The Morgan fingerprint density at radius 2 is 1.68 bits per heavy atom. The summed E-state index contributed by atoms with van der Waals surface area (Å²) in [4.78, 5) is 0. The van der Waals surface area contributed by atoms with E-state index in [1.165, 1.54) is 12.1 Å².